The molecule has 0 unspecified atom stereocenters. The number of likely N-dealkylation sites (N-methyl/N-ethyl adjacent to an activating group) is 1. The molecular weight excluding hydrogens is 224 g/mol. The molecule has 100 valence electrons. The first-order chi connectivity index (χ1) is 7.93. The van der Waals surface area contributed by atoms with Gasteiger partial charge in [-0.2, -0.15) is 0 Å². The minimum atomic E-state index is -0.907. The lowest BCUT2D eigenvalue weighted by atomic mass is 9.82. The van der Waals surface area contributed by atoms with Gasteiger partial charge < -0.3 is 20.4 Å². The second kappa shape index (κ2) is 7.11. The van der Waals surface area contributed by atoms with Crippen LogP contribution in [-0.2, 0) is 4.79 Å². The van der Waals surface area contributed by atoms with Gasteiger partial charge in [-0.1, -0.05) is 13.8 Å². The first kappa shape index (κ1) is 15.7. The first-order valence-corrected chi connectivity index (χ1v) is 5.76. The van der Waals surface area contributed by atoms with E-state index in [2.05, 4.69) is 5.32 Å². The highest BCUT2D eigenvalue weighted by molar-refractivity contribution is 5.78. The zero-order valence-corrected chi connectivity index (χ0v) is 10.7. The molecule has 0 aromatic rings. The molecule has 0 atom stereocenters. The monoisotopic (exact) mass is 246 g/mol. The molecule has 0 aromatic heterocycles. The summed E-state index contributed by atoms with van der Waals surface area (Å²) in [5.41, 5.74) is -0.907. The highest BCUT2D eigenvalue weighted by atomic mass is 16.4. The predicted octanol–water partition coefficient (Wildman–Crippen LogP) is 0.511. The number of urea groups is 1. The number of hydrogen-bond acceptors (Lipinski definition) is 3. The van der Waals surface area contributed by atoms with Gasteiger partial charge in [0.15, 0.2) is 0 Å². The molecule has 0 fully saturated rings. The summed E-state index contributed by atoms with van der Waals surface area (Å²) >= 11 is 0. The van der Waals surface area contributed by atoms with Crippen LogP contribution in [0, 0.1) is 5.41 Å². The fourth-order valence-corrected chi connectivity index (χ4v) is 1.51. The maximum absolute atomic E-state index is 11.5. The molecule has 0 aliphatic carbocycles. The van der Waals surface area contributed by atoms with Crippen LogP contribution in [0.15, 0.2) is 0 Å². The summed E-state index contributed by atoms with van der Waals surface area (Å²) in [6.45, 7) is 3.80. The summed E-state index contributed by atoms with van der Waals surface area (Å²) in [6, 6.07) is -0.369. The zero-order chi connectivity index (χ0) is 13.5. The number of aliphatic hydroxyl groups excluding tert-OH is 1. The van der Waals surface area contributed by atoms with E-state index in [0.29, 0.717) is 12.8 Å². The molecule has 0 saturated carbocycles. The van der Waals surface area contributed by atoms with Crippen molar-refractivity contribution < 1.29 is 19.8 Å². The van der Waals surface area contributed by atoms with E-state index in [-0.39, 0.29) is 25.7 Å². The maximum atomic E-state index is 11.5. The Balaban J connectivity index is 4.41. The van der Waals surface area contributed by atoms with Crippen LogP contribution in [-0.4, -0.2) is 53.9 Å². The first-order valence-electron chi connectivity index (χ1n) is 5.76. The normalized spacial score (nSPS) is 11.1. The van der Waals surface area contributed by atoms with Gasteiger partial charge in [-0.25, -0.2) is 4.79 Å². The average molecular weight is 246 g/mol. The van der Waals surface area contributed by atoms with Crippen molar-refractivity contribution in [1.29, 1.82) is 0 Å². The molecule has 0 heterocycles. The number of carboxylic acid groups (broad SMARTS) is 1. The smallest absolute Gasteiger partial charge is 0.317 e. The summed E-state index contributed by atoms with van der Waals surface area (Å²) in [7, 11) is 1.55. The van der Waals surface area contributed by atoms with E-state index >= 15 is 0 Å². The summed E-state index contributed by atoms with van der Waals surface area (Å²) in [5, 5.41) is 20.4. The quantitative estimate of drug-likeness (QED) is 0.610. The number of nitrogens with zero attached hydrogens (tertiary/aromatic N) is 1. The lowest BCUT2D eigenvalue weighted by molar-refractivity contribution is -0.149. The fourth-order valence-electron chi connectivity index (χ4n) is 1.51. The van der Waals surface area contributed by atoms with Crippen molar-refractivity contribution >= 4 is 12.0 Å². The molecule has 0 rings (SSSR count). The molecule has 0 saturated heterocycles. The van der Waals surface area contributed by atoms with Crippen LogP contribution in [0.2, 0.25) is 0 Å². The second-order valence-corrected chi connectivity index (χ2v) is 4.10. The van der Waals surface area contributed by atoms with Gasteiger partial charge in [0.2, 0.25) is 0 Å². The van der Waals surface area contributed by atoms with Crippen molar-refractivity contribution in [3.8, 4) is 0 Å². The van der Waals surface area contributed by atoms with Gasteiger partial charge in [-0.3, -0.25) is 4.79 Å². The van der Waals surface area contributed by atoms with Crippen molar-refractivity contribution in [1.82, 2.24) is 10.2 Å². The SMILES string of the molecule is CCC(CC)(CNC(=O)N(C)CCO)C(=O)O. The molecule has 0 radical (unpaired) electrons. The Kier molecular flexibility index (Phi) is 6.57. The largest absolute Gasteiger partial charge is 0.481 e. The van der Waals surface area contributed by atoms with Gasteiger partial charge in [-0.15, -0.1) is 0 Å². The Labute approximate surface area is 102 Å². The van der Waals surface area contributed by atoms with Crippen molar-refractivity contribution in [2.75, 3.05) is 26.7 Å². The number of hydrogen-bond donors (Lipinski definition) is 3. The van der Waals surface area contributed by atoms with Gasteiger partial charge in [-0.05, 0) is 12.8 Å². The number of nitrogens with one attached hydrogen (secondary N) is 1. The van der Waals surface area contributed by atoms with Gasteiger partial charge in [0.25, 0.3) is 0 Å². The molecule has 0 spiro atoms. The molecule has 6 heteroatoms. The predicted molar refractivity (Wildman–Crippen MR) is 63.8 cm³/mol. The third-order valence-electron chi connectivity index (χ3n) is 3.17. The number of amides is 2. The number of aliphatic hydroxyl groups is 1. The third kappa shape index (κ3) is 4.22. The minimum absolute atomic E-state index is 0.101. The van der Waals surface area contributed by atoms with Crippen molar-refractivity contribution in [2.45, 2.75) is 26.7 Å². The van der Waals surface area contributed by atoms with E-state index in [1.54, 1.807) is 20.9 Å². The van der Waals surface area contributed by atoms with E-state index in [1.165, 1.54) is 4.90 Å². The third-order valence-corrected chi connectivity index (χ3v) is 3.17. The van der Waals surface area contributed by atoms with Crippen LogP contribution in [0.3, 0.4) is 0 Å². The van der Waals surface area contributed by atoms with E-state index < -0.39 is 11.4 Å². The fraction of sp³-hybridized carbons (Fsp3) is 0.818. The van der Waals surface area contributed by atoms with E-state index in [9.17, 15) is 14.7 Å². The minimum Gasteiger partial charge on any atom is -0.481 e. The Hall–Kier alpha value is -1.30. The van der Waals surface area contributed by atoms with Gasteiger partial charge in [0.1, 0.15) is 0 Å². The number of carboxylic acids is 1. The molecule has 0 aliphatic rings. The van der Waals surface area contributed by atoms with Crippen LogP contribution in [0.4, 0.5) is 4.79 Å². The lowest BCUT2D eigenvalue weighted by Gasteiger charge is -2.28. The standard InChI is InChI=1S/C11H22N2O4/c1-4-11(5-2,9(15)16)8-12-10(17)13(3)6-7-14/h14H,4-8H2,1-3H3,(H,12,17)(H,15,16). The van der Waals surface area contributed by atoms with Crippen LogP contribution < -0.4 is 5.32 Å². The Morgan fingerprint density at radius 1 is 1.29 bits per heavy atom. The molecular formula is C11H22N2O4. The van der Waals surface area contributed by atoms with Crippen LogP contribution in [0.25, 0.3) is 0 Å². The van der Waals surface area contributed by atoms with Gasteiger partial charge in [0, 0.05) is 20.1 Å². The van der Waals surface area contributed by atoms with Crippen LogP contribution >= 0.6 is 0 Å². The molecule has 2 amide bonds. The summed E-state index contributed by atoms with van der Waals surface area (Å²) in [5.74, 6) is -0.896. The maximum Gasteiger partial charge on any atom is 0.317 e. The number of aliphatic carboxylic acids is 1. The summed E-state index contributed by atoms with van der Waals surface area (Å²) in [6.07, 6.45) is 0.922. The molecule has 0 aliphatic heterocycles. The topological polar surface area (TPSA) is 89.9 Å². The average Bonchev–Trinajstić information content (AvgIpc) is 2.30. The van der Waals surface area contributed by atoms with Crippen molar-refractivity contribution in [3.63, 3.8) is 0 Å². The Morgan fingerprint density at radius 2 is 1.82 bits per heavy atom. The zero-order valence-electron chi connectivity index (χ0n) is 10.7. The van der Waals surface area contributed by atoms with Gasteiger partial charge in [0.05, 0.1) is 12.0 Å². The van der Waals surface area contributed by atoms with Gasteiger partial charge >= 0.3 is 12.0 Å². The van der Waals surface area contributed by atoms with E-state index in [4.69, 9.17) is 5.11 Å². The molecule has 0 bridgehead atoms. The highest BCUT2D eigenvalue weighted by Crippen LogP contribution is 2.25. The molecule has 6 nitrogen and oxygen atoms in total. The van der Waals surface area contributed by atoms with Crippen molar-refractivity contribution in [3.05, 3.63) is 0 Å². The molecule has 0 aromatic carbocycles. The molecule has 3 N–H and O–H groups in total. The second-order valence-electron chi connectivity index (χ2n) is 4.10. The van der Waals surface area contributed by atoms with Crippen molar-refractivity contribution in [2.24, 2.45) is 5.41 Å². The van der Waals surface area contributed by atoms with Crippen LogP contribution in [0.1, 0.15) is 26.7 Å². The highest BCUT2D eigenvalue weighted by Gasteiger charge is 2.35. The number of rotatable bonds is 7. The number of carbonyl (C=O) groups excluding carboxylic acids is 1. The van der Waals surface area contributed by atoms with Crippen LogP contribution in [0.5, 0.6) is 0 Å². The summed E-state index contributed by atoms with van der Waals surface area (Å²) < 4.78 is 0. The Bertz CT molecular complexity index is 264. The Morgan fingerprint density at radius 3 is 2.18 bits per heavy atom. The number of carbonyl (C=O) groups is 2. The lowest BCUT2D eigenvalue weighted by Crippen LogP contribution is -2.46. The van der Waals surface area contributed by atoms with E-state index in [0.717, 1.165) is 0 Å². The molecule has 17 heavy (non-hydrogen) atoms. The van der Waals surface area contributed by atoms with E-state index in [1.807, 2.05) is 0 Å². The summed E-state index contributed by atoms with van der Waals surface area (Å²) in [4.78, 5) is 24.0.